The summed E-state index contributed by atoms with van der Waals surface area (Å²) in [5, 5.41) is 23.3. The van der Waals surface area contributed by atoms with Crippen molar-refractivity contribution < 1.29 is 5.11 Å². The maximum absolute atomic E-state index is 10.0. The van der Waals surface area contributed by atoms with Gasteiger partial charge in [0.2, 0.25) is 11.7 Å². The second-order valence-electron chi connectivity index (χ2n) is 3.61. The third-order valence-electron chi connectivity index (χ3n) is 2.51. The Balaban J connectivity index is 2.27. The van der Waals surface area contributed by atoms with E-state index in [1.165, 1.54) is 10.9 Å². The van der Waals surface area contributed by atoms with Gasteiger partial charge >= 0.3 is 0 Å². The van der Waals surface area contributed by atoms with Crippen molar-refractivity contribution >= 4 is 11.0 Å². The van der Waals surface area contributed by atoms with E-state index >= 15 is 0 Å². The molecule has 0 fully saturated rings. The fraction of sp³-hybridized carbons (Fsp3) is 0. The largest absolute Gasteiger partial charge is 0.493 e. The molecule has 0 amide bonds. The van der Waals surface area contributed by atoms with Crippen LogP contribution in [0.1, 0.15) is 5.82 Å². The second-order valence-corrected chi connectivity index (χ2v) is 3.61. The fourth-order valence-electron chi connectivity index (χ4n) is 1.67. The molecule has 0 radical (unpaired) electrons. The molecule has 0 spiro atoms. The summed E-state index contributed by atoms with van der Waals surface area (Å²) >= 11 is 0. The van der Waals surface area contributed by atoms with E-state index in [-0.39, 0.29) is 11.7 Å². The normalized spacial score (nSPS) is 10.4. The molecule has 0 aliphatic rings. The van der Waals surface area contributed by atoms with Gasteiger partial charge in [0, 0.05) is 6.20 Å². The molecule has 86 valence electrons. The lowest BCUT2D eigenvalue weighted by Crippen LogP contribution is -1.94. The molecule has 3 rings (SSSR count). The molecule has 3 aromatic rings. The summed E-state index contributed by atoms with van der Waals surface area (Å²) in [5.74, 6) is -0.0131. The number of benzene rings is 1. The van der Waals surface area contributed by atoms with Crippen LogP contribution in [0.3, 0.4) is 0 Å². The first-order valence-corrected chi connectivity index (χ1v) is 5.20. The highest BCUT2D eigenvalue weighted by molar-refractivity contribution is 5.80. The Morgan fingerprint density at radius 2 is 2.00 bits per heavy atom. The van der Waals surface area contributed by atoms with Crippen LogP contribution in [-0.2, 0) is 0 Å². The minimum absolute atomic E-state index is 0.0280. The lowest BCUT2D eigenvalue weighted by Gasteiger charge is -2.00. The van der Waals surface area contributed by atoms with E-state index in [1.54, 1.807) is 0 Å². The van der Waals surface area contributed by atoms with E-state index in [0.29, 0.717) is 16.7 Å². The van der Waals surface area contributed by atoms with E-state index in [1.807, 2.05) is 36.4 Å². The lowest BCUT2D eigenvalue weighted by atomic mass is 10.3. The summed E-state index contributed by atoms with van der Waals surface area (Å²) in [6.07, 6.45) is 1.39. The summed E-state index contributed by atoms with van der Waals surface area (Å²) < 4.78 is 1.36. The molecule has 0 saturated heterocycles. The topological polar surface area (TPSA) is 87.6 Å². The summed E-state index contributed by atoms with van der Waals surface area (Å²) in [6, 6.07) is 11.0. The molecule has 0 aliphatic carbocycles. The van der Waals surface area contributed by atoms with Gasteiger partial charge in [0.25, 0.3) is 0 Å². The molecule has 0 unspecified atom stereocenters. The van der Waals surface area contributed by atoms with Crippen LogP contribution >= 0.6 is 0 Å². The molecule has 0 saturated carbocycles. The van der Waals surface area contributed by atoms with Gasteiger partial charge in [-0.25, -0.2) is 4.98 Å². The summed E-state index contributed by atoms with van der Waals surface area (Å²) in [5.41, 5.74) is 1.01. The third-order valence-corrected chi connectivity index (χ3v) is 2.51. The maximum Gasteiger partial charge on any atom is 0.234 e. The number of rotatable bonds is 1. The number of aromatic nitrogens is 4. The zero-order chi connectivity index (χ0) is 12.5. The van der Waals surface area contributed by atoms with Crippen molar-refractivity contribution in [3.8, 4) is 17.6 Å². The van der Waals surface area contributed by atoms with Gasteiger partial charge in [-0.05, 0) is 12.1 Å². The molecule has 1 N–H and O–H groups in total. The summed E-state index contributed by atoms with van der Waals surface area (Å²) in [4.78, 5) is 7.74. The fourth-order valence-corrected chi connectivity index (χ4v) is 1.67. The molecular formula is C12H7N5O. The first-order valence-electron chi connectivity index (χ1n) is 5.20. The number of aromatic hydroxyl groups is 1. The average Bonchev–Trinajstić information content (AvgIpc) is 2.76. The number of fused-ring (bicyclic) bond motifs is 1. The van der Waals surface area contributed by atoms with Crippen LogP contribution in [0.25, 0.3) is 16.7 Å². The molecule has 18 heavy (non-hydrogen) atoms. The Morgan fingerprint density at radius 1 is 1.22 bits per heavy atom. The Bertz CT molecular complexity index is 757. The average molecular weight is 237 g/mol. The molecular weight excluding hydrogens is 230 g/mol. The van der Waals surface area contributed by atoms with Gasteiger partial charge in [-0.1, -0.05) is 18.2 Å². The van der Waals surface area contributed by atoms with Crippen molar-refractivity contribution in [3.05, 3.63) is 42.4 Å². The van der Waals surface area contributed by atoms with Gasteiger partial charge in [-0.3, -0.25) is 0 Å². The first kappa shape index (κ1) is 10.2. The molecule has 6 nitrogen and oxygen atoms in total. The predicted octanol–water partition coefficient (Wildman–Crippen LogP) is 1.39. The SMILES string of the molecule is N#Cc1ncc2c(O)n(-c3ccccc3)nc2n1. The van der Waals surface area contributed by atoms with Gasteiger partial charge in [0.15, 0.2) is 5.65 Å². The van der Waals surface area contributed by atoms with Gasteiger partial charge in [0.05, 0.1) is 5.69 Å². The third kappa shape index (κ3) is 1.46. The second kappa shape index (κ2) is 3.82. The predicted molar refractivity (Wildman–Crippen MR) is 63.0 cm³/mol. The minimum atomic E-state index is -0.0410. The Morgan fingerprint density at radius 3 is 2.72 bits per heavy atom. The molecule has 0 bridgehead atoms. The van der Waals surface area contributed by atoms with E-state index in [9.17, 15) is 5.11 Å². The molecule has 0 aliphatic heterocycles. The van der Waals surface area contributed by atoms with E-state index in [4.69, 9.17) is 5.26 Å². The summed E-state index contributed by atoms with van der Waals surface area (Å²) in [7, 11) is 0. The Hall–Kier alpha value is -2.94. The van der Waals surface area contributed by atoms with Crippen molar-refractivity contribution in [3.63, 3.8) is 0 Å². The highest BCUT2D eigenvalue weighted by Crippen LogP contribution is 2.25. The van der Waals surface area contributed by atoms with Crippen molar-refractivity contribution in [1.82, 2.24) is 19.7 Å². The van der Waals surface area contributed by atoms with Crippen LogP contribution in [0.15, 0.2) is 36.5 Å². The van der Waals surface area contributed by atoms with E-state index < -0.39 is 0 Å². The molecule has 6 heteroatoms. The molecule has 1 aromatic carbocycles. The van der Waals surface area contributed by atoms with Crippen LogP contribution in [0, 0.1) is 11.3 Å². The van der Waals surface area contributed by atoms with Crippen molar-refractivity contribution in [1.29, 1.82) is 5.26 Å². The quantitative estimate of drug-likeness (QED) is 0.691. The number of nitriles is 1. The van der Waals surface area contributed by atoms with Gasteiger partial charge in [-0.15, -0.1) is 5.10 Å². The highest BCUT2D eigenvalue weighted by Gasteiger charge is 2.13. The number of para-hydroxylation sites is 1. The zero-order valence-corrected chi connectivity index (χ0v) is 9.15. The first-order chi connectivity index (χ1) is 8.79. The van der Waals surface area contributed by atoms with Crippen LogP contribution in [0.4, 0.5) is 0 Å². The van der Waals surface area contributed by atoms with Crippen molar-refractivity contribution in [2.24, 2.45) is 0 Å². The molecule has 2 aromatic heterocycles. The van der Waals surface area contributed by atoms with Gasteiger partial charge in [0.1, 0.15) is 11.5 Å². The summed E-state index contributed by atoms with van der Waals surface area (Å²) in [6.45, 7) is 0. The van der Waals surface area contributed by atoms with Crippen LogP contribution in [0.5, 0.6) is 5.88 Å². The maximum atomic E-state index is 10.0. The van der Waals surface area contributed by atoms with Crippen LogP contribution in [0.2, 0.25) is 0 Å². The Labute approximate surface area is 102 Å². The smallest absolute Gasteiger partial charge is 0.234 e. The highest BCUT2D eigenvalue weighted by atomic mass is 16.3. The zero-order valence-electron chi connectivity index (χ0n) is 9.15. The Kier molecular flexibility index (Phi) is 2.17. The lowest BCUT2D eigenvalue weighted by molar-refractivity contribution is 0.438. The van der Waals surface area contributed by atoms with Crippen molar-refractivity contribution in [2.75, 3.05) is 0 Å². The molecule has 2 heterocycles. The van der Waals surface area contributed by atoms with Gasteiger partial charge < -0.3 is 5.11 Å². The van der Waals surface area contributed by atoms with E-state index in [0.717, 1.165) is 0 Å². The molecule has 0 atom stereocenters. The van der Waals surface area contributed by atoms with Crippen LogP contribution < -0.4 is 0 Å². The van der Waals surface area contributed by atoms with Crippen LogP contribution in [-0.4, -0.2) is 24.9 Å². The monoisotopic (exact) mass is 237 g/mol. The van der Waals surface area contributed by atoms with Gasteiger partial charge in [-0.2, -0.15) is 14.9 Å². The number of hydrogen-bond acceptors (Lipinski definition) is 5. The van der Waals surface area contributed by atoms with Crippen molar-refractivity contribution in [2.45, 2.75) is 0 Å². The standard InChI is InChI=1S/C12H7N5O/c13-6-10-14-7-9-11(15-10)16-17(12(9)18)8-4-2-1-3-5-8/h1-5,7,18H. The number of nitrogens with zero attached hydrogens (tertiary/aromatic N) is 5. The van der Waals surface area contributed by atoms with E-state index in [2.05, 4.69) is 15.1 Å². The minimum Gasteiger partial charge on any atom is -0.493 e. The number of hydrogen-bond donors (Lipinski definition) is 1.